The van der Waals surface area contributed by atoms with Crippen molar-refractivity contribution in [1.29, 1.82) is 0 Å². The number of amides is 1. The molecule has 0 radical (unpaired) electrons. The van der Waals surface area contributed by atoms with Gasteiger partial charge in [0.15, 0.2) is 5.11 Å². The van der Waals surface area contributed by atoms with E-state index in [4.69, 9.17) is 12.2 Å². The van der Waals surface area contributed by atoms with E-state index in [1.807, 2.05) is 61.5 Å². The highest BCUT2D eigenvalue weighted by atomic mass is 32.1. The molecule has 33 heavy (non-hydrogen) atoms. The molecule has 0 saturated heterocycles. The van der Waals surface area contributed by atoms with E-state index in [0.717, 1.165) is 22.4 Å². The molecule has 3 aromatic carbocycles. The highest BCUT2D eigenvalue weighted by Gasteiger charge is 2.32. The molecular weight excluding hydrogens is 426 g/mol. The number of hydrogen-bond acceptors (Lipinski definition) is 2. The average Bonchev–Trinajstić information content (AvgIpc) is 2.80. The van der Waals surface area contributed by atoms with Crippen LogP contribution in [0, 0.1) is 6.92 Å². The molecule has 0 bridgehead atoms. The van der Waals surface area contributed by atoms with E-state index >= 15 is 0 Å². The predicted octanol–water partition coefficient (Wildman–Crippen LogP) is 5.86. The third-order valence-corrected chi connectivity index (χ3v) is 6.02. The lowest BCUT2D eigenvalue weighted by Crippen LogP contribution is -2.45. The molecule has 0 saturated carbocycles. The Morgan fingerprint density at radius 3 is 2.15 bits per heavy atom. The molecule has 1 unspecified atom stereocenters. The standard InChI is InChI=1S/C28H29N3OS/c1-18-10-16-22(17-11-18)29-26(32)23-24(19-8-6-5-7-9-19)30-27(33)31-25(23)20-12-14-21(15-13-20)28(2,3)4/h5-17,25H,1-4H3,(H,29,32)(H2,30,31,33). The van der Waals surface area contributed by atoms with E-state index in [1.54, 1.807) is 0 Å². The number of nitrogens with one attached hydrogen (secondary N) is 3. The number of rotatable bonds is 4. The quantitative estimate of drug-likeness (QED) is 0.431. The number of carbonyl (C=O) groups is 1. The number of hydrogen-bond donors (Lipinski definition) is 3. The molecule has 0 spiro atoms. The van der Waals surface area contributed by atoms with Crippen molar-refractivity contribution in [3.8, 4) is 0 Å². The zero-order chi connectivity index (χ0) is 23.6. The van der Waals surface area contributed by atoms with Crippen LogP contribution in [0.5, 0.6) is 0 Å². The summed E-state index contributed by atoms with van der Waals surface area (Å²) in [4.78, 5) is 13.7. The van der Waals surface area contributed by atoms with Gasteiger partial charge in [-0.1, -0.05) is 93.1 Å². The van der Waals surface area contributed by atoms with Crippen molar-refractivity contribution in [3.05, 3.63) is 107 Å². The van der Waals surface area contributed by atoms with E-state index in [1.165, 1.54) is 5.56 Å². The normalized spacial score (nSPS) is 16.1. The number of carbonyl (C=O) groups excluding carboxylic acids is 1. The van der Waals surface area contributed by atoms with E-state index in [9.17, 15) is 4.79 Å². The van der Waals surface area contributed by atoms with Crippen LogP contribution in [0.4, 0.5) is 5.69 Å². The molecule has 1 aliphatic heterocycles. The van der Waals surface area contributed by atoms with E-state index < -0.39 is 0 Å². The number of aryl methyl sites for hydroxylation is 1. The van der Waals surface area contributed by atoms with E-state index in [2.05, 4.69) is 61.0 Å². The van der Waals surface area contributed by atoms with Gasteiger partial charge >= 0.3 is 0 Å². The summed E-state index contributed by atoms with van der Waals surface area (Å²) < 4.78 is 0. The summed E-state index contributed by atoms with van der Waals surface area (Å²) in [5.41, 5.74) is 6.38. The van der Waals surface area contributed by atoms with Crippen molar-refractivity contribution >= 4 is 34.6 Å². The largest absolute Gasteiger partial charge is 0.351 e. The molecule has 4 rings (SSSR count). The van der Waals surface area contributed by atoms with Gasteiger partial charge in [-0.3, -0.25) is 4.79 Å². The Balaban J connectivity index is 1.80. The van der Waals surface area contributed by atoms with Crippen LogP contribution in [0.1, 0.15) is 49.1 Å². The van der Waals surface area contributed by atoms with Gasteiger partial charge in [-0.05, 0) is 53.4 Å². The molecule has 0 aromatic heterocycles. The van der Waals surface area contributed by atoms with Crippen LogP contribution >= 0.6 is 12.2 Å². The van der Waals surface area contributed by atoms with Crippen LogP contribution in [-0.2, 0) is 10.2 Å². The molecule has 4 nitrogen and oxygen atoms in total. The summed E-state index contributed by atoms with van der Waals surface area (Å²) in [5.74, 6) is -0.176. The third kappa shape index (κ3) is 5.15. The van der Waals surface area contributed by atoms with E-state index in [-0.39, 0.29) is 17.4 Å². The van der Waals surface area contributed by atoms with E-state index in [0.29, 0.717) is 16.4 Å². The molecule has 1 atom stereocenters. The fourth-order valence-electron chi connectivity index (χ4n) is 3.90. The Labute approximate surface area is 201 Å². The number of anilines is 1. The van der Waals surface area contributed by atoms with Gasteiger partial charge < -0.3 is 16.0 Å². The maximum absolute atomic E-state index is 13.7. The first-order valence-electron chi connectivity index (χ1n) is 11.1. The van der Waals surface area contributed by atoms with Gasteiger partial charge in [0.2, 0.25) is 0 Å². The zero-order valence-electron chi connectivity index (χ0n) is 19.4. The fraction of sp³-hybridized carbons (Fsp3) is 0.214. The van der Waals surface area contributed by atoms with Crippen LogP contribution in [0.25, 0.3) is 5.70 Å². The van der Waals surface area contributed by atoms with Crippen molar-refractivity contribution in [3.63, 3.8) is 0 Å². The Bertz CT molecular complexity index is 1190. The highest BCUT2D eigenvalue weighted by Crippen LogP contribution is 2.33. The molecule has 168 valence electrons. The van der Waals surface area contributed by atoms with Crippen LogP contribution in [0.3, 0.4) is 0 Å². The van der Waals surface area contributed by atoms with Gasteiger partial charge in [-0.2, -0.15) is 0 Å². The van der Waals surface area contributed by atoms with Crippen LogP contribution < -0.4 is 16.0 Å². The molecule has 3 N–H and O–H groups in total. The average molecular weight is 456 g/mol. The first-order valence-corrected chi connectivity index (χ1v) is 11.5. The van der Waals surface area contributed by atoms with Crippen LogP contribution in [0.2, 0.25) is 0 Å². The first-order chi connectivity index (χ1) is 15.7. The van der Waals surface area contributed by atoms with Gasteiger partial charge in [-0.15, -0.1) is 0 Å². The summed E-state index contributed by atoms with van der Waals surface area (Å²) in [6.07, 6.45) is 0. The molecule has 0 fully saturated rings. The summed E-state index contributed by atoms with van der Waals surface area (Å²) in [6.45, 7) is 8.59. The summed E-state index contributed by atoms with van der Waals surface area (Å²) in [5, 5.41) is 10.1. The zero-order valence-corrected chi connectivity index (χ0v) is 20.2. The van der Waals surface area contributed by atoms with Crippen molar-refractivity contribution in [2.24, 2.45) is 0 Å². The summed E-state index contributed by atoms with van der Waals surface area (Å²) in [6, 6.07) is 25.6. The predicted molar refractivity (Wildman–Crippen MR) is 140 cm³/mol. The molecule has 0 aliphatic carbocycles. The maximum Gasteiger partial charge on any atom is 0.256 e. The minimum Gasteiger partial charge on any atom is -0.351 e. The lowest BCUT2D eigenvalue weighted by molar-refractivity contribution is -0.113. The molecular formula is C28H29N3OS. The maximum atomic E-state index is 13.7. The Kier molecular flexibility index (Phi) is 6.34. The number of benzene rings is 3. The second kappa shape index (κ2) is 9.20. The molecule has 3 aromatic rings. The molecule has 1 heterocycles. The summed E-state index contributed by atoms with van der Waals surface area (Å²) >= 11 is 5.54. The van der Waals surface area contributed by atoms with Crippen molar-refractivity contribution in [2.75, 3.05) is 5.32 Å². The van der Waals surface area contributed by atoms with Gasteiger partial charge in [-0.25, -0.2) is 0 Å². The summed E-state index contributed by atoms with van der Waals surface area (Å²) in [7, 11) is 0. The van der Waals surface area contributed by atoms with Gasteiger partial charge in [0.1, 0.15) is 0 Å². The minimum atomic E-state index is -0.381. The van der Waals surface area contributed by atoms with Gasteiger partial charge in [0.05, 0.1) is 17.3 Å². The van der Waals surface area contributed by atoms with Gasteiger partial charge in [0.25, 0.3) is 5.91 Å². The topological polar surface area (TPSA) is 53.2 Å². The Hall–Kier alpha value is -3.44. The second-order valence-electron chi connectivity index (χ2n) is 9.38. The Morgan fingerprint density at radius 1 is 0.909 bits per heavy atom. The lowest BCUT2D eigenvalue weighted by atomic mass is 9.85. The second-order valence-corrected chi connectivity index (χ2v) is 9.79. The third-order valence-electron chi connectivity index (χ3n) is 5.80. The van der Waals surface area contributed by atoms with Crippen molar-refractivity contribution < 1.29 is 4.79 Å². The fourth-order valence-corrected chi connectivity index (χ4v) is 4.12. The first kappa shape index (κ1) is 22.7. The molecule has 1 aliphatic rings. The molecule has 5 heteroatoms. The SMILES string of the molecule is Cc1ccc(NC(=O)C2=C(c3ccccc3)NC(=S)NC2c2ccc(C(C)(C)C)cc2)cc1. The minimum absolute atomic E-state index is 0.0477. The number of thiocarbonyl (C=S) groups is 1. The van der Waals surface area contributed by atoms with Crippen molar-refractivity contribution in [2.45, 2.75) is 39.2 Å². The van der Waals surface area contributed by atoms with Gasteiger partial charge in [0, 0.05) is 5.69 Å². The monoisotopic (exact) mass is 455 g/mol. The van der Waals surface area contributed by atoms with Crippen molar-refractivity contribution in [1.82, 2.24) is 10.6 Å². The smallest absolute Gasteiger partial charge is 0.256 e. The van der Waals surface area contributed by atoms with Crippen LogP contribution in [0.15, 0.2) is 84.4 Å². The lowest BCUT2D eigenvalue weighted by Gasteiger charge is -2.32. The molecule has 1 amide bonds. The highest BCUT2D eigenvalue weighted by molar-refractivity contribution is 7.80. The van der Waals surface area contributed by atoms with Crippen LogP contribution in [-0.4, -0.2) is 11.0 Å². The Morgan fingerprint density at radius 2 is 1.55 bits per heavy atom.